The van der Waals surface area contributed by atoms with E-state index in [1.807, 2.05) is 0 Å². The van der Waals surface area contributed by atoms with Gasteiger partial charge < -0.3 is 9.84 Å². The Hall–Kier alpha value is -2.61. The monoisotopic (exact) mass is 334 g/mol. The molecular weight excluding hydrogens is 320 g/mol. The zero-order chi connectivity index (χ0) is 16.6. The second-order valence-electron chi connectivity index (χ2n) is 4.98. The maximum Gasteiger partial charge on any atom is 0.337 e. The lowest BCUT2D eigenvalue weighted by molar-refractivity contribution is 0.0698. The summed E-state index contributed by atoms with van der Waals surface area (Å²) in [5.74, 6) is -0.853. The molecule has 0 saturated heterocycles. The van der Waals surface area contributed by atoms with E-state index >= 15 is 0 Å². The molecule has 0 fully saturated rings. The SMILES string of the molecule is COc1ccc(S(=O)(=O)N2CCc3cccc(C(=O)O)c32)cn1. The smallest absolute Gasteiger partial charge is 0.337 e. The molecule has 0 aliphatic carbocycles. The van der Waals surface area contributed by atoms with Gasteiger partial charge in [-0.05, 0) is 24.1 Å². The summed E-state index contributed by atoms with van der Waals surface area (Å²) in [7, 11) is -2.44. The van der Waals surface area contributed by atoms with Crippen LogP contribution in [0.25, 0.3) is 0 Å². The van der Waals surface area contributed by atoms with Crippen LogP contribution in [0.1, 0.15) is 15.9 Å². The molecule has 120 valence electrons. The molecule has 1 aliphatic rings. The van der Waals surface area contributed by atoms with Crippen LogP contribution in [0.5, 0.6) is 5.88 Å². The number of fused-ring (bicyclic) bond motifs is 1. The van der Waals surface area contributed by atoms with Crippen LogP contribution in [-0.4, -0.2) is 38.1 Å². The number of sulfonamides is 1. The summed E-state index contributed by atoms with van der Waals surface area (Å²) >= 11 is 0. The highest BCUT2D eigenvalue weighted by atomic mass is 32.2. The quantitative estimate of drug-likeness (QED) is 0.911. The van der Waals surface area contributed by atoms with Gasteiger partial charge in [0.25, 0.3) is 10.0 Å². The summed E-state index contributed by atoms with van der Waals surface area (Å²) in [6.07, 6.45) is 1.68. The van der Waals surface area contributed by atoms with Crippen LogP contribution in [0.3, 0.4) is 0 Å². The summed E-state index contributed by atoms with van der Waals surface area (Å²) in [5.41, 5.74) is 0.913. The topological polar surface area (TPSA) is 96.8 Å². The van der Waals surface area contributed by atoms with E-state index in [2.05, 4.69) is 4.98 Å². The first-order valence-corrected chi connectivity index (χ1v) is 8.27. The zero-order valence-electron chi connectivity index (χ0n) is 12.3. The van der Waals surface area contributed by atoms with E-state index in [1.54, 1.807) is 12.1 Å². The Morgan fingerprint density at radius 3 is 2.70 bits per heavy atom. The van der Waals surface area contributed by atoms with Crippen LogP contribution in [0, 0.1) is 0 Å². The highest BCUT2D eigenvalue weighted by Gasteiger charge is 2.34. The molecule has 2 aromatic rings. The van der Waals surface area contributed by atoms with Gasteiger partial charge in [-0.15, -0.1) is 0 Å². The maximum absolute atomic E-state index is 12.8. The van der Waals surface area contributed by atoms with E-state index in [1.165, 1.54) is 31.5 Å². The van der Waals surface area contributed by atoms with E-state index in [4.69, 9.17) is 4.74 Å². The van der Waals surface area contributed by atoms with Gasteiger partial charge >= 0.3 is 5.97 Å². The van der Waals surface area contributed by atoms with Gasteiger partial charge in [-0.2, -0.15) is 0 Å². The summed E-state index contributed by atoms with van der Waals surface area (Å²) in [4.78, 5) is 15.3. The Bertz CT molecular complexity index is 862. The molecule has 2 heterocycles. The van der Waals surface area contributed by atoms with E-state index in [9.17, 15) is 18.3 Å². The standard InChI is InChI=1S/C15H14N2O5S/c1-22-13-6-5-11(9-16-13)23(20,21)17-8-7-10-3-2-4-12(14(10)17)15(18)19/h2-6,9H,7-8H2,1H3,(H,18,19). The van der Waals surface area contributed by atoms with Gasteiger partial charge in [-0.3, -0.25) is 4.31 Å². The number of anilines is 1. The minimum absolute atomic E-state index is 0.00802. The molecule has 0 radical (unpaired) electrons. The molecule has 1 aromatic heterocycles. The van der Waals surface area contributed by atoms with E-state index in [0.717, 1.165) is 4.31 Å². The third kappa shape index (κ3) is 2.50. The molecule has 0 bridgehead atoms. The van der Waals surface area contributed by atoms with Crippen molar-refractivity contribution in [2.45, 2.75) is 11.3 Å². The van der Waals surface area contributed by atoms with Crippen molar-refractivity contribution >= 4 is 21.7 Å². The van der Waals surface area contributed by atoms with Crippen LogP contribution >= 0.6 is 0 Å². The van der Waals surface area contributed by atoms with Gasteiger partial charge in [0.1, 0.15) is 4.90 Å². The van der Waals surface area contributed by atoms with Crippen LogP contribution in [0.4, 0.5) is 5.69 Å². The van der Waals surface area contributed by atoms with Crippen molar-refractivity contribution in [1.82, 2.24) is 4.98 Å². The third-order valence-electron chi connectivity index (χ3n) is 3.69. The Kier molecular flexibility index (Phi) is 3.69. The Morgan fingerprint density at radius 2 is 2.09 bits per heavy atom. The molecule has 0 amide bonds. The number of carboxylic acid groups (broad SMARTS) is 1. The fourth-order valence-electron chi connectivity index (χ4n) is 2.60. The molecule has 1 aromatic carbocycles. The Labute approximate surface area is 133 Å². The van der Waals surface area contributed by atoms with Crippen molar-refractivity contribution in [3.8, 4) is 5.88 Å². The molecular formula is C15H14N2O5S. The summed E-state index contributed by atoms with van der Waals surface area (Å²) < 4.78 is 31.7. The predicted molar refractivity (Wildman–Crippen MR) is 82.4 cm³/mol. The first kappa shape index (κ1) is 15.3. The minimum atomic E-state index is -3.88. The van der Waals surface area contributed by atoms with E-state index in [0.29, 0.717) is 17.9 Å². The number of hydrogen-bond acceptors (Lipinski definition) is 5. The number of benzene rings is 1. The molecule has 8 heteroatoms. The number of rotatable bonds is 4. The van der Waals surface area contributed by atoms with Crippen molar-refractivity contribution in [3.05, 3.63) is 47.7 Å². The molecule has 0 saturated carbocycles. The molecule has 1 N–H and O–H groups in total. The zero-order valence-corrected chi connectivity index (χ0v) is 13.1. The lowest BCUT2D eigenvalue weighted by Gasteiger charge is -2.21. The second kappa shape index (κ2) is 5.54. The van der Waals surface area contributed by atoms with Crippen molar-refractivity contribution < 1.29 is 23.1 Å². The molecule has 0 atom stereocenters. The number of para-hydroxylation sites is 1. The second-order valence-corrected chi connectivity index (χ2v) is 6.84. The average molecular weight is 334 g/mol. The number of aromatic nitrogens is 1. The van der Waals surface area contributed by atoms with Crippen molar-refractivity contribution in [3.63, 3.8) is 0 Å². The number of aromatic carboxylic acids is 1. The van der Waals surface area contributed by atoms with Gasteiger partial charge in [-0.25, -0.2) is 18.2 Å². The van der Waals surface area contributed by atoms with Gasteiger partial charge in [0.2, 0.25) is 5.88 Å². The van der Waals surface area contributed by atoms with Crippen LogP contribution < -0.4 is 9.04 Å². The molecule has 1 aliphatic heterocycles. The summed E-state index contributed by atoms with van der Waals surface area (Å²) in [5, 5.41) is 9.32. The predicted octanol–water partition coefficient (Wildman–Crippen LogP) is 1.54. The fourth-order valence-corrected chi connectivity index (χ4v) is 4.07. The number of nitrogens with zero attached hydrogens (tertiary/aromatic N) is 2. The van der Waals surface area contributed by atoms with Crippen LogP contribution in [0.15, 0.2) is 41.4 Å². The van der Waals surface area contributed by atoms with Gasteiger partial charge in [0.15, 0.2) is 0 Å². The van der Waals surface area contributed by atoms with E-state index < -0.39 is 16.0 Å². The highest BCUT2D eigenvalue weighted by Crippen LogP contribution is 2.36. The van der Waals surface area contributed by atoms with Crippen LogP contribution in [-0.2, 0) is 16.4 Å². The first-order chi connectivity index (χ1) is 10.9. The number of pyridine rings is 1. The van der Waals surface area contributed by atoms with Crippen molar-refractivity contribution in [2.24, 2.45) is 0 Å². The van der Waals surface area contributed by atoms with Crippen molar-refractivity contribution in [2.75, 3.05) is 18.0 Å². The minimum Gasteiger partial charge on any atom is -0.481 e. The Balaban J connectivity index is 2.09. The number of ether oxygens (including phenoxy) is 1. The van der Waals surface area contributed by atoms with Crippen LogP contribution in [0.2, 0.25) is 0 Å². The molecule has 7 nitrogen and oxygen atoms in total. The lowest BCUT2D eigenvalue weighted by atomic mass is 10.1. The number of methoxy groups -OCH3 is 1. The number of hydrogen-bond donors (Lipinski definition) is 1. The van der Waals surface area contributed by atoms with E-state index in [-0.39, 0.29) is 22.7 Å². The molecule has 23 heavy (non-hydrogen) atoms. The summed E-state index contributed by atoms with van der Waals surface area (Å²) in [6, 6.07) is 7.60. The maximum atomic E-state index is 12.8. The molecule has 3 rings (SSSR count). The fraction of sp³-hybridized carbons (Fsp3) is 0.200. The summed E-state index contributed by atoms with van der Waals surface area (Å²) in [6.45, 7) is 0.202. The normalized spacial score (nSPS) is 13.7. The van der Waals surface area contributed by atoms with Gasteiger partial charge in [0.05, 0.1) is 24.6 Å². The molecule has 0 unspecified atom stereocenters. The number of carbonyl (C=O) groups is 1. The third-order valence-corrected chi connectivity index (χ3v) is 5.47. The highest BCUT2D eigenvalue weighted by molar-refractivity contribution is 7.92. The first-order valence-electron chi connectivity index (χ1n) is 6.83. The largest absolute Gasteiger partial charge is 0.481 e. The Morgan fingerprint density at radius 1 is 1.30 bits per heavy atom. The van der Waals surface area contributed by atoms with Gasteiger partial charge in [-0.1, -0.05) is 12.1 Å². The van der Waals surface area contributed by atoms with Gasteiger partial charge in [0, 0.05) is 12.6 Å². The van der Waals surface area contributed by atoms with Crippen molar-refractivity contribution in [1.29, 1.82) is 0 Å². The molecule has 0 spiro atoms. The lowest BCUT2D eigenvalue weighted by Crippen LogP contribution is -2.30. The number of carboxylic acids is 1. The average Bonchev–Trinajstić information content (AvgIpc) is 2.99.